The highest BCUT2D eigenvalue weighted by Crippen LogP contribution is 2.56. The van der Waals surface area contributed by atoms with Crippen molar-refractivity contribution in [2.45, 2.75) is 50.9 Å². The first-order valence-corrected chi connectivity index (χ1v) is 21.2. The minimum absolute atomic E-state index is 0.0243. The Kier molecular flexibility index (Phi) is 16.7. The molecule has 7 atom stereocenters. The molecule has 0 aromatic carbocycles. The number of phosphoric ester groups is 3. The summed E-state index contributed by atoms with van der Waals surface area (Å²) in [6.07, 6.45) is -4.86. The molecule has 0 spiro atoms. The van der Waals surface area contributed by atoms with Crippen molar-refractivity contribution in [1.29, 1.82) is 0 Å². The lowest BCUT2D eigenvalue weighted by atomic mass is 9.87. The number of aliphatic hydroxyl groups is 2. The van der Waals surface area contributed by atoms with Gasteiger partial charge in [0.2, 0.25) is 16.9 Å². The number of hydrogen-bond acceptors (Lipinski definition) is 22. The molecular formula is C25H35ClN7O17P3S-4. The van der Waals surface area contributed by atoms with Crippen molar-refractivity contribution in [3.05, 3.63) is 24.8 Å². The number of hydrogen-bond donors (Lipinski definition) is 5. The molecule has 6 N–H and O–H groups in total. The molecule has 29 heteroatoms. The fraction of sp³-hybridized carbons (Fsp3) is 0.600. The lowest BCUT2D eigenvalue weighted by Crippen LogP contribution is -2.46. The molecule has 24 nitrogen and oxygen atoms in total. The molecule has 54 heavy (non-hydrogen) atoms. The Labute approximate surface area is 315 Å². The lowest BCUT2D eigenvalue weighted by molar-refractivity contribution is -0.347. The fourth-order valence-corrected chi connectivity index (χ4v) is 7.87. The molecule has 0 radical (unpaired) electrons. The number of amides is 2. The van der Waals surface area contributed by atoms with E-state index in [1.54, 1.807) is 0 Å². The third-order valence-electron chi connectivity index (χ3n) is 7.06. The summed E-state index contributed by atoms with van der Waals surface area (Å²) in [5.41, 5.74) is 4.05. The number of imidazole rings is 1. The molecule has 1 aliphatic heterocycles. The van der Waals surface area contributed by atoms with Crippen LogP contribution in [0.3, 0.4) is 0 Å². The highest BCUT2D eigenvalue weighted by atomic mass is 35.5. The van der Waals surface area contributed by atoms with E-state index in [-0.39, 0.29) is 53.2 Å². The monoisotopic (exact) mass is 865 g/mol. The maximum absolute atomic E-state index is 12.5. The van der Waals surface area contributed by atoms with E-state index < -0.39 is 84.6 Å². The molecule has 1 fully saturated rings. The highest BCUT2D eigenvalue weighted by Gasteiger charge is 2.47. The summed E-state index contributed by atoms with van der Waals surface area (Å²) in [5, 5.41) is 25.8. The second-order valence-electron chi connectivity index (χ2n) is 11.7. The predicted octanol–water partition coefficient (Wildman–Crippen LogP) is -3.07. The van der Waals surface area contributed by atoms with Gasteiger partial charge in [0, 0.05) is 36.6 Å². The molecular weight excluding hydrogens is 831 g/mol. The number of nitrogens with two attached hydrogens (primary N) is 1. The number of rotatable bonds is 21. The van der Waals surface area contributed by atoms with Crippen molar-refractivity contribution in [2.75, 3.05) is 43.7 Å². The highest BCUT2D eigenvalue weighted by molar-refractivity contribution is 8.14. The van der Waals surface area contributed by atoms with Crippen LogP contribution in [0.1, 0.15) is 26.5 Å². The van der Waals surface area contributed by atoms with E-state index in [4.69, 9.17) is 22.1 Å². The number of carbonyl (C=O) groups excluding carboxylic acids is 3. The van der Waals surface area contributed by atoms with Crippen molar-refractivity contribution >= 4 is 80.7 Å². The largest absolute Gasteiger partial charge is 0.790 e. The smallest absolute Gasteiger partial charge is 0.274 e. The number of thioether (sulfide) groups is 1. The number of anilines is 1. The number of phosphoric acid groups is 3. The van der Waals surface area contributed by atoms with Crippen LogP contribution in [0.15, 0.2) is 24.8 Å². The quantitative estimate of drug-likeness (QED) is 0.0360. The predicted molar refractivity (Wildman–Crippen MR) is 178 cm³/mol. The molecule has 0 aliphatic carbocycles. The molecule has 3 rings (SSSR count). The second kappa shape index (κ2) is 19.6. The number of fused-ring (bicyclic) bond motifs is 1. The number of carbonyl (C=O) groups is 3. The Hall–Kier alpha value is -2.41. The number of nitrogens with zero attached hydrogens (tertiary/aromatic N) is 4. The average Bonchev–Trinajstić information content (AvgIpc) is 3.63. The summed E-state index contributed by atoms with van der Waals surface area (Å²) < 4.78 is 60.3. The zero-order valence-electron chi connectivity index (χ0n) is 28.2. The maximum atomic E-state index is 12.5. The molecule has 2 aromatic heterocycles. The minimum Gasteiger partial charge on any atom is -0.790 e. The Bertz CT molecular complexity index is 1820. The molecule has 2 aromatic rings. The summed E-state index contributed by atoms with van der Waals surface area (Å²) >= 11 is 6.40. The van der Waals surface area contributed by atoms with E-state index in [1.807, 2.05) is 0 Å². The number of halogens is 1. The molecule has 1 saturated heterocycles. The van der Waals surface area contributed by atoms with Gasteiger partial charge >= 0.3 is 0 Å². The molecule has 0 saturated carbocycles. The SMILES string of the molecule is CC(C)(COP(=O)([O-])OP(=O)([O-])OC[C@H]1O[C@@H](n2cnc3c(N)ncnc32)[C@H](O)[C@@H]1OP(=O)([O-])[O-])[C@@H](O)C(=O)NCCC(=O)NCCSC(=O)/C=C/CCl. The van der Waals surface area contributed by atoms with Gasteiger partial charge in [-0.15, -0.1) is 11.6 Å². The van der Waals surface area contributed by atoms with E-state index in [0.717, 1.165) is 29.0 Å². The van der Waals surface area contributed by atoms with Gasteiger partial charge in [-0.3, -0.25) is 28.1 Å². The Balaban J connectivity index is 1.51. The van der Waals surface area contributed by atoms with Crippen molar-refractivity contribution in [2.24, 2.45) is 5.41 Å². The molecule has 2 amide bonds. The minimum atomic E-state index is -5.91. The van der Waals surface area contributed by atoms with E-state index in [2.05, 4.69) is 43.5 Å². The first kappa shape index (κ1) is 46.0. The van der Waals surface area contributed by atoms with Crippen LogP contribution in [0.5, 0.6) is 0 Å². The van der Waals surface area contributed by atoms with E-state index in [0.29, 0.717) is 0 Å². The van der Waals surface area contributed by atoms with Crippen LogP contribution >= 0.6 is 46.8 Å². The number of aromatic nitrogens is 4. The Morgan fingerprint density at radius 1 is 1.13 bits per heavy atom. The van der Waals surface area contributed by atoms with Gasteiger partial charge in [-0.05, 0) is 6.08 Å². The summed E-state index contributed by atoms with van der Waals surface area (Å²) in [5.74, 6) is -1.13. The van der Waals surface area contributed by atoms with Gasteiger partial charge in [-0.25, -0.2) is 19.3 Å². The number of aliphatic hydroxyl groups excluding tert-OH is 2. The molecule has 0 bridgehead atoms. The molecule has 1 aliphatic rings. The van der Waals surface area contributed by atoms with Crippen molar-refractivity contribution < 1.29 is 80.5 Å². The van der Waals surface area contributed by atoms with Crippen LogP contribution in [0.2, 0.25) is 0 Å². The Morgan fingerprint density at radius 2 is 1.81 bits per heavy atom. The fourth-order valence-electron chi connectivity index (χ4n) is 4.45. The van der Waals surface area contributed by atoms with Crippen LogP contribution in [0.4, 0.5) is 5.82 Å². The van der Waals surface area contributed by atoms with Crippen LogP contribution < -0.4 is 35.9 Å². The van der Waals surface area contributed by atoms with Crippen molar-refractivity contribution in [3.63, 3.8) is 0 Å². The van der Waals surface area contributed by atoms with Gasteiger partial charge in [-0.2, -0.15) is 0 Å². The first-order valence-electron chi connectivity index (χ1n) is 15.3. The van der Waals surface area contributed by atoms with Crippen LogP contribution in [0.25, 0.3) is 11.2 Å². The van der Waals surface area contributed by atoms with E-state index in [1.165, 1.54) is 26.0 Å². The normalized spacial score (nSPS) is 22.2. The summed E-state index contributed by atoms with van der Waals surface area (Å²) in [6, 6.07) is 0. The zero-order valence-corrected chi connectivity index (χ0v) is 32.4. The van der Waals surface area contributed by atoms with E-state index in [9.17, 15) is 57.9 Å². The summed E-state index contributed by atoms with van der Waals surface area (Å²) in [7, 11) is -17.6. The lowest BCUT2D eigenvalue weighted by Gasteiger charge is -2.36. The number of allylic oxidation sites excluding steroid dienone is 1. The zero-order chi connectivity index (χ0) is 40.5. The van der Waals surface area contributed by atoms with Crippen molar-refractivity contribution in [1.82, 2.24) is 30.2 Å². The molecule has 304 valence electrons. The van der Waals surface area contributed by atoms with Gasteiger partial charge in [0.05, 0.1) is 27.4 Å². The summed E-state index contributed by atoms with van der Waals surface area (Å²) in [4.78, 5) is 95.3. The third-order valence-corrected chi connectivity index (χ3v) is 11.1. The standard InChI is InChI=1S/C25H39ClN7O17P3S/c1-25(2,20(37)23(38)29-7-5-15(34)28-8-9-54-16(35)4-3-6-26)11-47-53(44,45)50-52(42,43)46-10-14-19(49-51(39,40)41)18(36)24(48-14)33-13-32-17-21(27)30-12-31-22(17)33/h3-4,12-14,18-20,24,36-37H,5-11H2,1-2H3,(H,28,34)(H,29,38)(H,42,43)(H,44,45)(H2,27,30,31)(H2,39,40,41)/p-4/b4-3+/t14-,18-,19-,20+,24-/m1/s1. The summed E-state index contributed by atoms with van der Waals surface area (Å²) in [6.45, 7) is 0.0126. The number of nitrogen functional groups attached to an aromatic ring is 1. The second-order valence-corrected chi connectivity index (χ2v) is 17.2. The average molecular weight is 866 g/mol. The van der Waals surface area contributed by atoms with Gasteiger partial charge in [0.1, 0.15) is 36.3 Å². The van der Waals surface area contributed by atoms with Gasteiger partial charge in [-0.1, -0.05) is 31.7 Å². The van der Waals surface area contributed by atoms with Gasteiger partial charge < -0.3 is 69.0 Å². The molecule has 3 heterocycles. The van der Waals surface area contributed by atoms with Crippen LogP contribution in [-0.2, 0) is 50.7 Å². The topological polar surface area (TPSA) is 375 Å². The maximum Gasteiger partial charge on any atom is 0.274 e. The number of ether oxygens (including phenoxy) is 1. The third kappa shape index (κ3) is 14.0. The number of alkyl halides is 1. The number of nitrogens with one attached hydrogen (secondary N) is 2. The van der Waals surface area contributed by atoms with E-state index >= 15 is 0 Å². The van der Waals surface area contributed by atoms with Gasteiger partial charge in [0.15, 0.2) is 17.7 Å². The molecule has 2 unspecified atom stereocenters. The Morgan fingerprint density at radius 3 is 2.48 bits per heavy atom. The van der Waals surface area contributed by atoms with Crippen LogP contribution in [-0.4, -0.2) is 109 Å². The first-order chi connectivity index (χ1) is 25.1. The van der Waals surface area contributed by atoms with Crippen molar-refractivity contribution in [3.8, 4) is 0 Å². The van der Waals surface area contributed by atoms with Crippen LogP contribution in [0, 0.1) is 5.41 Å². The van der Waals surface area contributed by atoms with Gasteiger partial charge in [0.25, 0.3) is 15.6 Å².